The van der Waals surface area contributed by atoms with Crippen LogP contribution in [-0.4, -0.2) is 39.0 Å². The van der Waals surface area contributed by atoms with E-state index in [0.717, 1.165) is 24.0 Å². The van der Waals surface area contributed by atoms with Gasteiger partial charge in [-0.2, -0.15) is 4.31 Å². The van der Waals surface area contributed by atoms with Crippen LogP contribution >= 0.6 is 0 Å². The molecule has 1 heterocycles. The first-order valence-electron chi connectivity index (χ1n) is 6.77. The Balaban J connectivity index is 2.48. The van der Waals surface area contributed by atoms with Gasteiger partial charge in [0.1, 0.15) is 10.6 Å². The summed E-state index contributed by atoms with van der Waals surface area (Å²) in [5.74, 6) is 0.426. The smallest absolute Gasteiger partial charge is 0.246 e. The molecule has 2 rings (SSSR count). The van der Waals surface area contributed by atoms with Crippen molar-refractivity contribution in [2.45, 2.75) is 37.6 Å². The summed E-state index contributed by atoms with van der Waals surface area (Å²) in [6, 6.07) is 3.50. The molecule has 1 atom stereocenters. The Kier molecular flexibility index (Phi) is 4.36. The summed E-state index contributed by atoms with van der Waals surface area (Å²) in [7, 11) is -2.06. The van der Waals surface area contributed by atoms with Gasteiger partial charge in [-0.1, -0.05) is 6.07 Å². The first-order valence-corrected chi connectivity index (χ1v) is 8.21. The molecule has 0 radical (unpaired) electrons. The molecule has 5 nitrogen and oxygen atoms in total. The summed E-state index contributed by atoms with van der Waals surface area (Å²) in [4.78, 5) is 0.242. The van der Waals surface area contributed by atoms with Crippen LogP contribution in [0.4, 0.5) is 0 Å². The molecule has 6 heteroatoms. The van der Waals surface area contributed by atoms with E-state index in [1.165, 1.54) is 11.4 Å². The van der Waals surface area contributed by atoms with Gasteiger partial charge < -0.3 is 10.5 Å². The van der Waals surface area contributed by atoms with Crippen molar-refractivity contribution in [1.82, 2.24) is 4.31 Å². The van der Waals surface area contributed by atoms with Gasteiger partial charge in [0, 0.05) is 19.1 Å². The number of aryl methyl sites for hydroxylation is 2. The van der Waals surface area contributed by atoms with Gasteiger partial charge in [-0.25, -0.2) is 8.42 Å². The molecule has 0 aromatic heterocycles. The fraction of sp³-hybridized carbons (Fsp3) is 0.571. The molecule has 0 saturated carbocycles. The normalized spacial score (nSPS) is 20.9. The molecule has 2 N–H and O–H groups in total. The maximum Gasteiger partial charge on any atom is 0.246 e. The molecule has 0 spiro atoms. The predicted molar refractivity (Wildman–Crippen MR) is 78.4 cm³/mol. The number of benzene rings is 1. The van der Waals surface area contributed by atoms with Gasteiger partial charge in [-0.05, 0) is 43.9 Å². The summed E-state index contributed by atoms with van der Waals surface area (Å²) < 4.78 is 32.4. The molecule has 0 bridgehead atoms. The van der Waals surface area contributed by atoms with Gasteiger partial charge >= 0.3 is 0 Å². The molecule has 0 amide bonds. The number of piperidine rings is 1. The summed E-state index contributed by atoms with van der Waals surface area (Å²) in [5.41, 5.74) is 7.62. The van der Waals surface area contributed by atoms with Crippen LogP contribution in [0.1, 0.15) is 24.0 Å². The average molecular weight is 298 g/mol. The standard InChI is InChI=1S/C14H22N2O3S/c1-10-7-11(2)14(19-3)13(8-10)20(17,18)16-6-4-5-12(15)9-16/h7-8,12H,4-6,9,15H2,1-3H3/t12-/m1/s1. The van der Waals surface area contributed by atoms with E-state index in [2.05, 4.69) is 0 Å². The van der Waals surface area contributed by atoms with Crippen LogP contribution in [0, 0.1) is 13.8 Å². The molecule has 1 aliphatic rings. The van der Waals surface area contributed by atoms with Crippen molar-refractivity contribution in [3.05, 3.63) is 23.3 Å². The van der Waals surface area contributed by atoms with Gasteiger partial charge in [-0.3, -0.25) is 0 Å². The van der Waals surface area contributed by atoms with E-state index >= 15 is 0 Å². The Morgan fingerprint density at radius 2 is 2.05 bits per heavy atom. The summed E-state index contributed by atoms with van der Waals surface area (Å²) in [6.45, 7) is 4.63. The Bertz CT molecular complexity index is 599. The Hall–Kier alpha value is -1.11. The van der Waals surface area contributed by atoms with E-state index in [1.807, 2.05) is 19.9 Å². The van der Waals surface area contributed by atoms with E-state index in [1.54, 1.807) is 6.07 Å². The second-order valence-corrected chi connectivity index (χ2v) is 7.28. The highest BCUT2D eigenvalue weighted by Crippen LogP contribution is 2.32. The quantitative estimate of drug-likeness (QED) is 0.916. The number of rotatable bonds is 3. The van der Waals surface area contributed by atoms with E-state index in [0.29, 0.717) is 18.8 Å². The molecule has 1 saturated heterocycles. The van der Waals surface area contributed by atoms with Crippen LogP contribution in [0.15, 0.2) is 17.0 Å². The van der Waals surface area contributed by atoms with Crippen molar-refractivity contribution in [2.75, 3.05) is 20.2 Å². The number of hydrogen-bond donors (Lipinski definition) is 1. The van der Waals surface area contributed by atoms with Gasteiger partial charge in [0.25, 0.3) is 0 Å². The zero-order valence-corrected chi connectivity index (χ0v) is 13.0. The van der Waals surface area contributed by atoms with Gasteiger partial charge in [0.05, 0.1) is 7.11 Å². The zero-order valence-electron chi connectivity index (χ0n) is 12.2. The van der Waals surface area contributed by atoms with E-state index < -0.39 is 10.0 Å². The van der Waals surface area contributed by atoms with E-state index in [-0.39, 0.29) is 10.9 Å². The number of methoxy groups -OCH3 is 1. The number of nitrogens with zero attached hydrogens (tertiary/aromatic N) is 1. The van der Waals surface area contributed by atoms with Crippen LogP contribution in [0.2, 0.25) is 0 Å². The zero-order chi connectivity index (χ0) is 14.9. The molecule has 1 aromatic carbocycles. The summed E-state index contributed by atoms with van der Waals surface area (Å²) in [5, 5.41) is 0. The van der Waals surface area contributed by atoms with Crippen molar-refractivity contribution >= 4 is 10.0 Å². The number of nitrogens with two attached hydrogens (primary N) is 1. The fourth-order valence-electron chi connectivity index (χ4n) is 2.70. The first kappa shape index (κ1) is 15.3. The molecular formula is C14H22N2O3S. The number of sulfonamides is 1. The third kappa shape index (κ3) is 2.82. The van der Waals surface area contributed by atoms with E-state index in [9.17, 15) is 8.42 Å². The van der Waals surface area contributed by atoms with Gasteiger partial charge in [-0.15, -0.1) is 0 Å². The number of hydrogen-bond acceptors (Lipinski definition) is 4. The van der Waals surface area contributed by atoms with Crippen LogP contribution in [0.3, 0.4) is 0 Å². The van der Waals surface area contributed by atoms with Crippen molar-refractivity contribution in [3.8, 4) is 5.75 Å². The summed E-state index contributed by atoms with van der Waals surface area (Å²) in [6.07, 6.45) is 1.67. The highest BCUT2D eigenvalue weighted by atomic mass is 32.2. The molecule has 0 unspecified atom stereocenters. The second-order valence-electron chi connectivity index (χ2n) is 5.38. The first-order chi connectivity index (χ1) is 9.36. The lowest BCUT2D eigenvalue weighted by atomic mass is 10.1. The van der Waals surface area contributed by atoms with Gasteiger partial charge in [0.2, 0.25) is 10.0 Å². The minimum atomic E-state index is -3.55. The molecule has 1 aromatic rings. The van der Waals surface area contributed by atoms with Crippen molar-refractivity contribution < 1.29 is 13.2 Å². The lowest BCUT2D eigenvalue weighted by Crippen LogP contribution is -2.45. The van der Waals surface area contributed by atoms with Crippen molar-refractivity contribution in [1.29, 1.82) is 0 Å². The summed E-state index contributed by atoms with van der Waals surface area (Å²) >= 11 is 0. The minimum Gasteiger partial charge on any atom is -0.495 e. The molecule has 0 aliphatic carbocycles. The van der Waals surface area contributed by atoms with Gasteiger partial charge in [0.15, 0.2) is 0 Å². The van der Waals surface area contributed by atoms with Crippen LogP contribution < -0.4 is 10.5 Å². The lowest BCUT2D eigenvalue weighted by molar-refractivity contribution is 0.314. The van der Waals surface area contributed by atoms with Crippen LogP contribution in [0.5, 0.6) is 5.75 Å². The lowest BCUT2D eigenvalue weighted by Gasteiger charge is -2.30. The maximum absolute atomic E-state index is 12.8. The highest BCUT2D eigenvalue weighted by Gasteiger charge is 2.31. The monoisotopic (exact) mass is 298 g/mol. The second kappa shape index (κ2) is 5.71. The number of ether oxygens (including phenoxy) is 1. The minimum absolute atomic E-state index is 0.0876. The van der Waals surface area contributed by atoms with E-state index in [4.69, 9.17) is 10.5 Å². The Morgan fingerprint density at radius 3 is 2.65 bits per heavy atom. The maximum atomic E-state index is 12.8. The fourth-order valence-corrected chi connectivity index (χ4v) is 4.55. The molecule has 1 aliphatic heterocycles. The highest BCUT2D eigenvalue weighted by molar-refractivity contribution is 7.89. The third-order valence-electron chi connectivity index (χ3n) is 3.63. The SMILES string of the molecule is COc1c(C)cc(C)cc1S(=O)(=O)N1CCC[C@@H](N)C1. The molecule has 20 heavy (non-hydrogen) atoms. The third-order valence-corrected chi connectivity index (χ3v) is 5.50. The predicted octanol–water partition coefficient (Wildman–Crippen LogP) is 1.42. The van der Waals surface area contributed by atoms with Crippen molar-refractivity contribution in [3.63, 3.8) is 0 Å². The largest absolute Gasteiger partial charge is 0.495 e. The molecule has 112 valence electrons. The topological polar surface area (TPSA) is 72.6 Å². The van der Waals surface area contributed by atoms with Crippen LogP contribution in [-0.2, 0) is 10.0 Å². The molecule has 1 fully saturated rings. The Labute approximate surface area is 120 Å². The Morgan fingerprint density at radius 1 is 1.35 bits per heavy atom. The van der Waals surface area contributed by atoms with Crippen molar-refractivity contribution in [2.24, 2.45) is 5.73 Å². The average Bonchev–Trinajstić information content (AvgIpc) is 2.38. The van der Waals surface area contributed by atoms with Crippen LogP contribution in [0.25, 0.3) is 0 Å². The molecular weight excluding hydrogens is 276 g/mol.